The number of amides is 1. The summed E-state index contributed by atoms with van der Waals surface area (Å²) in [5, 5.41) is 6.32. The van der Waals surface area contributed by atoms with Crippen LogP contribution in [0.15, 0.2) is 53.9 Å². The van der Waals surface area contributed by atoms with Crippen LogP contribution in [0.4, 0.5) is 5.69 Å². The van der Waals surface area contributed by atoms with E-state index in [9.17, 15) is 4.79 Å². The van der Waals surface area contributed by atoms with Crippen molar-refractivity contribution in [1.82, 2.24) is 15.2 Å². The molecule has 1 saturated heterocycles. The average Bonchev–Trinajstić information content (AvgIpc) is 3.25. The third-order valence-electron chi connectivity index (χ3n) is 5.59. The molecule has 4 rings (SSSR count). The number of rotatable bonds is 8. The number of carbonyl (C=O) groups excluding carboxylic acids is 1. The molecule has 8 heteroatoms. The van der Waals surface area contributed by atoms with Crippen LogP contribution >= 0.6 is 22.9 Å². The molecule has 1 atom stereocenters. The summed E-state index contributed by atoms with van der Waals surface area (Å²) in [5.41, 5.74) is 2.86. The second-order valence-corrected chi connectivity index (χ2v) is 9.78. The highest BCUT2D eigenvalue weighted by atomic mass is 35.5. The normalized spacial score (nSPS) is 15.3. The lowest BCUT2D eigenvalue weighted by atomic mass is 10.1. The van der Waals surface area contributed by atoms with Crippen LogP contribution in [0.2, 0.25) is 5.02 Å². The highest BCUT2D eigenvalue weighted by Crippen LogP contribution is 2.22. The molecular weight excluding hydrogens is 456 g/mol. The summed E-state index contributed by atoms with van der Waals surface area (Å²) < 4.78 is 6.05. The molecule has 0 spiro atoms. The average molecular weight is 485 g/mol. The number of piperazine rings is 1. The molecule has 2 aromatic carbocycles. The summed E-state index contributed by atoms with van der Waals surface area (Å²) in [6, 6.07) is 16.3. The Morgan fingerprint density at radius 3 is 2.70 bits per heavy atom. The first kappa shape index (κ1) is 23.5. The Bertz CT molecular complexity index is 1080. The number of hydrogen-bond acceptors (Lipinski definition) is 6. The fraction of sp³-hybridized carbons (Fsp3) is 0.360. The summed E-state index contributed by atoms with van der Waals surface area (Å²) >= 11 is 7.61. The topological polar surface area (TPSA) is 57.7 Å². The van der Waals surface area contributed by atoms with E-state index < -0.39 is 0 Å². The van der Waals surface area contributed by atoms with Crippen molar-refractivity contribution < 1.29 is 9.53 Å². The molecule has 1 aromatic heterocycles. The van der Waals surface area contributed by atoms with Crippen LogP contribution in [0, 0.1) is 6.92 Å². The van der Waals surface area contributed by atoms with E-state index >= 15 is 0 Å². The van der Waals surface area contributed by atoms with E-state index in [0.29, 0.717) is 12.2 Å². The van der Waals surface area contributed by atoms with Gasteiger partial charge in [-0.2, -0.15) is 0 Å². The van der Waals surface area contributed by atoms with Gasteiger partial charge in [-0.1, -0.05) is 29.8 Å². The number of nitrogens with one attached hydrogen (secondary N) is 1. The first-order chi connectivity index (χ1) is 16.0. The minimum Gasteiger partial charge on any atom is -0.489 e. The summed E-state index contributed by atoms with van der Waals surface area (Å²) in [6.07, 6.45) is -0.148. The molecule has 1 aliphatic rings. The van der Waals surface area contributed by atoms with E-state index in [4.69, 9.17) is 16.3 Å². The van der Waals surface area contributed by atoms with Crippen LogP contribution < -0.4 is 15.0 Å². The minimum absolute atomic E-state index is 0.148. The molecule has 174 valence electrons. The van der Waals surface area contributed by atoms with Gasteiger partial charge < -0.3 is 15.0 Å². The molecule has 0 saturated carbocycles. The zero-order valence-electron chi connectivity index (χ0n) is 19.0. The number of benzene rings is 2. The smallest absolute Gasteiger partial charge is 0.270 e. The van der Waals surface area contributed by atoms with Crippen molar-refractivity contribution in [1.29, 1.82) is 0 Å². The zero-order chi connectivity index (χ0) is 23.2. The van der Waals surface area contributed by atoms with Crippen LogP contribution in [0.25, 0.3) is 0 Å². The Hall–Kier alpha value is -2.61. The number of aromatic nitrogens is 1. The zero-order valence-corrected chi connectivity index (χ0v) is 20.5. The highest BCUT2D eigenvalue weighted by Gasteiger charge is 2.18. The van der Waals surface area contributed by atoms with Crippen molar-refractivity contribution in [3.05, 3.63) is 75.2 Å². The third-order valence-corrected chi connectivity index (χ3v) is 6.60. The molecular formula is C25H29ClN4O2S. The van der Waals surface area contributed by atoms with Crippen molar-refractivity contribution >= 4 is 34.5 Å². The van der Waals surface area contributed by atoms with Gasteiger partial charge in [0.1, 0.15) is 17.5 Å². The third kappa shape index (κ3) is 6.69. The molecule has 1 N–H and O–H groups in total. The maximum Gasteiger partial charge on any atom is 0.270 e. The summed E-state index contributed by atoms with van der Waals surface area (Å²) in [4.78, 5) is 21.2. The van der Waals surface area contributed by atoms with Crippen molar-refractivity contribution in [2.75, 3.05) is 37.6 Å². The summed E-state index contributed by atoms with van der Waals surface area (Å²) in [5.74, 6) is 0.650. The first-order valence-electron chi connectivity index (χ1n) is 11.1. The molecule has 2 heterocycles. The lowest BCUT2D eigenvalue weighted by molar-refractivity contribution is 0.0927. The Morgan fingerprint density at radius 1 is 1.18 bits per heavy atom. The van der Waals surface area contributed by atoms with Gasteiger partial charge in [0.15, 0.2) is 0 Å². The van der Waals surface area contributed by atoms with Gasteiger partial charge in [0, 0.05) is 48.8 Å². The van der Waals surface area contributed by atoms with Gasteiger partial charge in [0.25, 0.3) is 5.91 Å². The van der Waals surface area contributed by atoms with E-state index in [2.05, 4.69) is 38.3 Å². The van der Waals surface area contributed by atoms with Crippen LogP contribution in [0.5, 0.6) is 5.75 Å². The fourth-order valence-electron chi connectivity index (χ4n) is 3.88. The number of ether oxygens (including phenoxy) is 1. The number of hydrogen-bond donors (Lipinski definition) is 1. The van der Waals surface area contributed by atoms with E-state index in [0.717, 1.165) is 48.5 Å². The number of halogens is 1. The molecule has 0 radical (unpaired) electrons. The van der Waals surface area contributed by atoms with Crippen LogP contribution in [-0.4, -0.2) is 54.6 Å². The van der Waals surface area contributed by atoms with Crippen molar-refractivity contribution in [3.63, 3.8) is 0 Å². The molecule has 0 bridgehead atoms. The Morgan fingerprint density at radius 2 is 1.97 bits per heavy atom. The molecule has 0 unspecified atom stereocenters. The van der Waals surface area contributed by atoms with E-state index in [1.807, 2.05) is 44.2 Å². The Labute approximate surface area is 204 Å². The number of nitrogens with zero attached hydrogens (tertiary/aromatic N) is 3. The molecule has 1 aliphatic heterocycles. The van der Waals surface area contributed by atoms with Gasteiger partial charge in [0.05, 0.1) is 11.6 Å². The van der Waals surface area contributed by atoms with Crippen LogP contribution in [-0.2, 0) is 6.54 Å². The standard InChI is InChI=1S/C25H29ClN4O2S/c1-18(15-27-25(31)24-17-33-19(2)28-24)32-23-8-3-5-20(13-23)16-29-9-11-30(12-10-29)22-7-4-6-21(26)14-22/h3-8,13-14,17-18H,9-12,15-16H2,1-2H3,(H,27,31)/t18-/m1/s1. The van der Waals surface area contributed by atoms with Crippen molar-refractivity contribution in [3.8, 4) is 5.75 Å². The number of thiazole rings is 1. The molecule has 1 fully saturated rings. The molecule has 1 amide bonds. The largest absolute Gasteiger partial charge is 0.489 e. The predicted octanol–water partition coefficient (Wildman–Crippen LogP) is 4.62. The maximum atomic E-state index is 12.2. The van der Waals surface area contributed by atoms with Crippen LogP contribution in [0.1, 0.15) is 28.0 Å². The van der Waals surface area contributed by atoms with E-state index in [-0.39, 0.29) is 12.0 Å². The summed E-state index contributed by atoms with van der Waals surface area (Å²) in [6.45, 7) is 9.09. The van der Waals surface area contributed by atoms with Gasteiger partial charge >= 0.3 is 0 Å². The van der Waals surface area contributed by atoms with Gasteiger partial charge in [-0.25, -0.2) is 4.98 Å². The Kier molecular flexibility index (Phi) is 7.85. The SMILES string of the molecule is Cc1nc(C(=O)NC[C@@H](C)Oc2cccc(CN3CCN(c4cccc(Cl)c4)CC3)c2)cs1. The van der Waals surface area contributed by atoms with Crippen LogP contribution in [0.3, 0.4) is 0 Å². The Balaban J connectivity index is 1.24. The second-order valence-electron chi connectivity index (χ2n) is 8.28. The molecule has 6 nitrogen and oxygen atoms in total. The quantitative estimate of drug-likeness (QED) is 0.505. The van der Waals surface area contributed by atoms with Crippen molar-refractivity contribution in [2.45, 2.75) is 26.5 Å². The predicted molar refractivity (Wildman–Crippen MR) is 135 cm³/mol. The number of aryl methyl sites for hydroxylation is 1. The maximum absolute atomic E-state index is 12.2. The lowest BCUT2D eigenvalue weighted by Crippen LogP contribution is -2.45. The van der Waals surface area contributed by atoms with E-state index in [1.165, 1.54) is 22.6 Å². The first-order valence-corrected chi connectivity index (χ1v) is 12.4. The number of anilines is 1. The fourth-order valence-corrected chi connectivity index (χ4v) is 4.66. The van der Waals surface area contributed by atoms with Crippen molar-refractivity contribution in [2.24, 2.45) is 0 Å². The minimum atomic E-state index is -0.166. The van der Waals surface area contributed by atoms with Gasteiger partial charge in [-0.05, 0) is 49.7 Å². The molecule has 33 heavy (non-hydrogen) atoms. The van der Waals surface area contributed by atoms with Gasteiger partial charge in [-0.3, -0.25) is 9.69 Å². The highest BCUT2D eigenvalue weighted by molar-refractivity contribution is 7.09. The molecule has 3 aromatic rings. The lowest BCUT2D eigenvalue weighted by Gasteiger charge is -2.36. The van der Waals surface area contributed by atoms with E-state index in [1.54, 1.807) is 5.38 Å². The monoisotopic (exact) mass is 484 g/mol. The number of carbonyl (C=O) groups is 1. The summed E-state index contributed by atoms with van der Waals surface area (Å²) in [7, 11) is 0. The van der Waals surface area contributed by atoms with Gasteiger partial charge in [-0.15, -0.1) is 11.3 Å². The molecule has 0 aliphatic carbocycles. The van der Waals surface area contributed by atoms with Gasteiger partial charge in [0.2, 0.25) is 0 Å². The second kappa shape index (κ2) is 11.0.